The highest BCUT2D eigenvalue weighted by Gasteiger charge is 2.15. The highest BCUT2D eigenvalue weighted by Crippen LogP contribution is 2.19. The zero-order valence-electron chi connectivity index (χ0n) is 8.24. The van der Waals surface area contributed by atoms with Gasteiger partial charge in [-0.05, 0) is 28.1 Å². The average molecular weight is 259 g/mol. The molecule has 0 spiro atoms. The lowest BCUT2D eigenvalue weighted by atomic mass is 10.2. The maximum atomic E-state index is 11.6. The van der Waals surface area contributed by atoms with Gasteiger partial charge in [0.05, 0.1) is 7.11 Å². The van der Waals surface area contributed by atoms with Gasteiger partial charge in [-0.3, -0.25) is 4.79 Å². The number of nitrogens with zero attached hydrogens (tertiary/aromatic N) is 2. The first kappa shape index (κ1) is 11.0. The van der Waals surface area contributed by atoms with Crippen molar-refractivity contribution in [3.63, 3.8) is 0 Å². The van der Waals surface area contributed by atoms with E-state index < -0.39 is 0 Å². The molecule has 0 aromatic carbocycles. The first-order valence-corrected chi connectivity index (χ1v) is 4.77. The van der Waals surface area contributed by atoms with Gasteiger partial charge in [-0.25, -0.2) is 4.98 Å². The fourth-order valence-electron chi connectivity index (χ4n) is 0.977. The second-order valence-electron chi connectivity index (χ2n) is 2.89. The predicted molar refractivity (Wildman–Crippen MR) is 56.5 cm³/mol. The predicted octanol–water partition coefficient (Wildman–Crippen LogP) is 1.55. The standard InChI is InChI=1S/C9H11BrN2O2/c1-12(2)9(13)6-4-5-7(10)11-8(6)14-3/h4-5H,1-3H3. The molecule has 0 aliphatic heterocycles. The molecule has 0 radical (unpaired) electrons. The molecule has 1 heterocycles. The summed E-state index contributed by atoms with van der Waals surface area (Å²) >= 11 is 3.21. The normalized spacial score (nSPS) is 9.71. The van der Waals surface area contributed by atoms with Gasteiger partial charge in [0.15, 0.2) is 0 Å². The van der Waals surface area contributed by atoms with E-state index in [9.17, 15) is 4.79 Å². The molecular weight excluding hydrogens is 248 g/mol. The molecule has 0 N–H and O–H groups in total. The summed E-state index contributed by atoms with van der Waals surface area (Å²) in [5.74, 6) is 0.208. The summed E-state index contributed by atoms with van der Waals surface area (Å²) < 4.78 is 5.65. The molecule has 0 fully saturated rings. The zero-order valence-corrected chi connectivity index (χ0v) is 9.83. The molecule has 0 bridgehead atoms. The van der Waals surface area contributed by atoms with E-state index in [2.05, 4.69) is 20.9 Å². The Morgan fingerprint density at radius 3 is 2.64 bits per heavy atom. The maximum absolute atomic E-state index is 11.6. The summed E-state index contributed by atoms with van der Waals surface area (Å²) in [5, 5.41) is 0. The number of pyridine rings is 1. The van der Waals surface area contributed by atoms with Crippen molar-refractivity contribution in [3.8, 4) is 5.88 Å². The molecular formula is C9H11BrN2O2. The Bertz CT molecular complexity index is 353. The van der Waals surface area contributed by atoms with Gasteiger partial charge >= 0.3 is 0 Å². The molecule has 4 nitrogen and oxygen atoms in total. The van der Waals surface area contributed by atoms with E-state index in [1.807, 2.05) is 0 Å². The number of carbonyl (C=O) groups excluding carboxylic acids is 1. The molecule has 0 atom stereocenters. The SMILES string of the molecule is COc1nc(Br)ccc1C(=O)N(C)C. The topological polar surface area (TPSA) is 42.4 Å². The van der Waals surface area contributed by atoms with Crippen LogP contribution in [0.2, 0.25) is 0 Å². The lowest BCUT2D eigenvalue weighted by molar-refractivity contribution is 0.0823. The number of ether oxygens (including phenoxy) is 1. The summed E-state index contributed by atoms with van der Waals surface area (Å²) in [6.07, 6.45) is 0. The molecule has 1 aromatic rings. The fraction of sp³-hybridized carbons (Fsp3) is 0.333. The summed E-state index contributed by atoms with van der Waals surface area (Å²) in [6.45, 7) is 0. The van der Waals surface area contributed by atoms with Gasteiger partial charge < -0.3 is 9.64 Å². The van der Waals surface area contributed by atoms with Crippen molar-refractivity contribution >= 4 is 21.8 Å². The third-order valence-corrected chi connectivity index (χ3v) is 2.10. The van der Waals surface area contributed by atoms with Crippen LogP contribution in [0.1, 0.15) is 10.4 Å². The highest BCUT2D eigenvalue weighted by molar-refractivity contribution is 9.10. The third-order valence-electron chi connectivity index (χ3n) is 1.66. The third kappa shape index (κ3) is 2.23. The van der Waals surface area contributed by atoms with Crippen LogP contribution in [-0.2, 0) is 0 Å². The maximum Gasteiger partial charge on any atom is 0.258 e. The summed E-state index contributed by atoms with van der Waals surface area (Å²) in [7, 11) is 4.86. The number of carbonyl (C=O) groups is 1. The van der Waals surface area contributed by atoms with E-state index in [4.69, 9.17) is 4.74 Å². The van der Waals surface area contributed by atoms with Crippen molar-refractivity contribution in [2.24, 2.45) is 0 Å². The molecule has 5 heteroatoms. The molecule has 0 aliphatic carbocycles. The van der Waals surface area contributed by atoms with Crippen LogP contribution in [0.15, 0.2) is 16.7 Å². The van der Waals surface area contributed by atoms with Crippen molar-refractivity contribution in [2.45, 2.75) is 0 Å². The number of amides is 1. The number of hydrogen-bond donors (Lipinski definition) is 0. The smallest absolute Gasteiger partial charge is 0.258 e. The van der Waals surface area contributed by atoms with E-state index >= 15 is 0 Å². The van der Waals surface area contributed by atoms with Gasteiger partial charge in [0.2, 0.25) is 5.88 Å². The van der Waals surface area contributed by atoms with E-state index in [1.165, 1.54) is 12.0 Å². The van der Waals surface area contributed by atoms with Crippen LogP contribution in [0, 0.1) is 0 Å². The van der Waals surface area contributed by atoms with Crippen LogP contribution in [0.4, 0.5) is 0 Å². The Morgan fingerprint density at radius 1 is 1.50 bits per heavy atom. The van der Waals surface area contributed by atoms with Crippen LogP contribution in [-0.4, -0.2) is 37.0 Å². The summed E-state index contributed by atoms with van der Waals surface area (Å²) in [4.78, 5) is 17.1. The zero-order chi connectivity index (χ0) is 10.7. The molecule has 1 rings (SSSR count). The Balaban J connectivity index is 3.14. The molecule has 0 saturated carbocycles. The van der Waals surface area contributed by atoms with Gasteiger partial charge in [-0.1, -0.05) is 0 Å². The van der Waals surface area contributed by atoms with E-state index in [0.717, 1.165) is 0 Å². The van der Waals surface area contributed by atoms with Gasteiger partial charge in [0.25, 0.3) is 5.91 Å². The largest absolute Gasteiger partial charge is 0.480 e. The van der Waals surface area contributed by atoms with Crippen LogP contribution in [0.5, 0.6) is 5.88 Å². The Morgan fingerprint density at radius 2 is 2.14 bits per heavy atom. The minimum Gasteiger partial charge on any atom is -0.480 e. The fourth-order valence-corrected chi connectivity index (χ4v) is 1.27. The minimum absolute atomic E-state index is 0.123. The first-order valence-electron chi connectivity index (χ1n) is 3.98. The summed E-state index contributed by atoms with van der Waals surface area (Å²) in [5.41, 5.74) is 0.459. The van der Waals surface area contributed by atoms with Gasteiger partial charge in [-0.15, -0.1) is 0 Å². The molecule has 1 amide bonds. The van der Waals surface area contributed by atoms with Crippen LogP contribution in [0.25, 0.3) is 0 Å². The van der Waals surface area contributed by atoms with E-state index in [-0.39, 0.29) is 5.91 Å². The van der Waals surface area contributed by atoms with Crippen LogP contribution in [0.3, 0.4) is 0 Å². The Kier molecular flexibility index (Phi) is 3.46. The van der Waals surface area contributed by atoms with E-state index in [0.29, 0.717) is 16.0 Å². The molecule has 14 heavy (non-hydrogen) atoms. The van der Waals surface area contributed by atoms with Gasteiger partial charge in [0.1, 0.15) is 10.2 Å². The second kappa shape index (κ2) is 4.41. The summed E-state index contributed by atoms with van der Waals surface area (Å²) in [6, 6.07) is 3.39. The highest BCUT2D eigenvalue weighted by atomic mass is 79.9. The lowest BCUT2D eigenvalue weighted by Gasteiger charge is -2.12. The Labute approximate surface area is 91.0 Å². The lowest BCUT2D eigenvalue weighted by Crippen LogP contribution is -2.22. The molecule has 0 aliphatic rings. The van der Waals surface area contributed by atoms with Gasteiger partial charge in [-0.2, -0.15) is 0 Å². The Hall–Kier alpha value is -1.10. The number of methoxy groups -OCH3 is 1. The van der Waals surface area contributed by atoms with Crippen LogP contribution >= 0.6 is 15.9 Å². The quantitative estimate of drug-likeness (QED) is 0.757. The van der Waals surface area contributed by atoms with Crippen molar-refractivity contribution in [3.05, 3.63) is 22.3 Å². The van der Waals surface area contributed by atoms with E-state index in [1.54, 1.807) is 26.2 Å². The monoisotopic (exact) mass is 258 g/mol. The van der Waals surface area contributed by atoms with Crippen molar-refractivity contribution in [1.82, 2.24) is 9.88 Å². The van der Waals surface area contributed by atoms with Crippen LogP contribution < -0.4 is 4.74 Å². The number of rotatable bonds is 2. The van der Waals surface area contributed by atoms with Crippen molar-refractivity contribution in [1.29, 1.82) is 0 Å². The molecule has 0 saturated heterocycles. The number of hydrogen-bond acceptors (Lipinski definition) is 3. The first-order chi connectivity index (χ1) is 6.56. The number of aromatic nitrogens is 1. The van der Waals surface area contributed by atoms with Crippen molar-refractivity contribution < 1.29 is 9.53 Å². The number of halogens is 1. The average Bonchev–Trinajstić information content (AvgIpc) is 2.16. The molecule has 0 unspecified atom stereocenters. The minimum atomic E-state index is -0.123. The molecule has 76 valence electrons. The van der Waals surface area contributed by atoms with Gasteiger partial charge in [0, 0.05) is 14.1 Å². The second-order valence-corrected chi connectivity index (χ2v) is 3.70. The van der Waals surface area contributed by atoms with Crippen molar-refractivity contribution in [2.75, 3.05) is 21.2 Å². The molecule has 1 aromatic heterocycles.